The van der Waals surface area contributed by atoms with Crippen molar-refractivity contribution in [3.63, 3.8) is 0 Å². The first-order valence-corrected chi connectivity index (χ1v) is 7.21. The summed E-state index contributed by atoms with van der Waals surface area (Å²) in [6.07, 6.45) is 0. The molecule has 1 aromatic carbocycles. The van der Waals surface area contributed by atoms with Gasteiger partial charge in [-0.15, -0.1) is 0 Å². The third-order valence-corrected chi connectivity index (χ3v) is 3.62. The Bertz CT molecular complexity index is 582. The van der Waals surface area contributed by atoms with Gasteiger partial charge in [0.15, 0.2) is 0 Å². The van der Waals surface area contributed by atoms with Crippen LogP contribution in [0.2, 0.25) is 5.15 Å². The van der Waals surface area contributed by atoms with Crippen molar-refractivity contribution >= 4 is 39.0 Å². The highest BCUT2D eigenvalue weighted by molar-refractivity contribution is 9.10. The molecule has 0 aliphatic rings. The molecule has 1 aromatic heterocycles. The number of nitrogens with zero attached hydrogens (tertiary/aromatic N) is 2. The number of nitrogens with one attached hydrogen (secondary N) is 1. The molecule has 0 atom stereocenters. The summed E-state index contributed by atoms with van der Waals surface area (Å²) in [7, 11) is 0. The van der Waals surface area contributed by atoms with Crippen LogP contribution in [0.5, 0.6) is 0 Å². The van der Waals surface area contributed by atoms with Gasteiger partial charge in [0.05, 0.1) is 0 Å². The zero-order valence-electron chi connectivity index (χ0n) is 11.0. The van der Waals surface area contributed by atoms with Crippen LogP contribution in [0.1, 0.15) is 31.2 Å². The third-order valence-electron chi connectivity index (χ3n) is 2.73. The smallest absolute Gasteiger partial charge is 0.138 e. The van der Waals surface area contributed by atoms with Crippen molar-refractivity contribution in [2.45, 2.75) is 26.7 Å². The molecule has 5 heteroatoms. The van der Waals surface area contributed by atoms with Crippen molar-refractivity contribution in [1.29, 1.82) is 0 Å². The van der Waals surface area contributed by atoms with Crippen LogP contribution in [0.15, 0.2) is 28.7 Å². The van der Waals surface area contributed by atoms with Crippen LogP contribution in [0, 0.1) is 6.92 Å². The van der Waals surface area contributed by atoms with Crippen LogP contribution in [0.4, 0.5) is 11.5 Å². The average molecular weight is 341 g/mol. The molecular formula is C14H15BrClN3. The summed E-state index contributed by atoms with van der Waals surface area (Å²) < 4.78 is 1.04. The summed E-state index contributed by atoms with van der Waals surface area (Å²) >= 11 is 9.57. The number of halogens is 2. The molecule has 0 aliphatic carbocycles. The number of rotatable bonds is 3. The number of hydrogen-bond donors (Lipinski definition) is 1. The molecule has 0 unspecified atom stereocenters. The first-order valence-electron chi connectivity index (χ1n) is 6.04. The van der Waals surface area contributed by atoms with E-state index in [1.807, 2.05) is 45.0 Å². The number of benzene rings is 1. The Labute approximate surface area is 126 Å². The Balaban J connectivity index is 2.36. The van der Waals surface area contributed by atoms with Gasteiger partial charge in [-0.25, -0.2) is 9.97 Å². The molecule has 1 N–H and O–H groups in total. The predicted molar refractivity (Wildman–Crippen MR) is 83.3 cm³/mol. The minimum absolute atomic E-state index is 0.239. The fourth-order valence-corrected chi connectivity index (χ4v) is 2.00. The molecule has 1 heterocycles. The molecule has 3 nitrogen and oxygen atoms in total. The number of anilines is 2. The predicted octanol–water partition coefficient (Wildman–Crippen LogP) is 5.07. The molecule has 2 rings (SSSR count). The average Bonchev–Trinajstić information content (AvgIpc) is 2.37. The van der Waals surface area contributed by atoms with Gasteiger partial charge in [0, 0.05) is 21.6 Å². The van der Waals surface area contributed by atoms with E-state index in [0.29, 0.717) is 5.15 Å². The van der Waals surface area contributed by atoms with Gasteiger partial charge in [0.1, 0.15) is 16.8 Å². The molecular weight excluding hydrogens is 326 g/mol. The van der Waals surface area contributed by atoms with Gasteiger partial charge in [-0.2, -0.15) is 0 Å². The van der Waals surface area contributed by atoms with Gasteiger partial charge < -0.3 is 5.32 Å². The molecule has 0 amide bonds. The van der Waals surface area contributed by atoms with E-state index in [1.54, 1.807) is 0 Å². The van der Waals surface area contributed by atoms with E-state index in [0.717, 1.165) is 27.4 Å². The Morgan fingerprint density at radius 1 is 1.16 bits per heavy atom. The molecule has 2 aromatic rings. The highest BCUT2D eigenvalue weighted by atomic mass is 79.9. The monoisotopic (exact) mass is 339 g/mol. The van der Waals surface area contributed by atoms with Gasteiger partial charge in [-0.05, 0) is 31.2 Å². The number of hydrogen-bond acceptors (Lipinski definition) is 3. The lowest BCUT2D eigenvalue weighted by atomic mass is 10.2. The van der Waals surface area contributed by atoms with Crippen molar-refractivity contribution in [1.82, 2.24) is 9.97 Å². The van der Waals surface area contributed by atoms with Crippen LogP contribution in [-0.2, 0) is 0 Å². The largest absolute Gasteiger partial charge is 0.340 e. The van der Waals surface area contributed by atoms with Crippen LogP contribution in [0.3, 0.4) is 0 Å². The molecule has 0 spiro atoms. The minimum atomic E-state index is 0.239. The van der Waals surface area contributed by atoms with Gasteiger partial charge in [-0.3, -0.25) is 0 Å². The maximum absolute atomic E-state index is 6.16. The summed E-state index contributed by atoms with van der Waals surface area (Å²) in [4.78, 5) is 8.83. The van der Waals surface area contributed by atoms with Crippen molar-refractivity contribution in [3.05, 3.63) is 45.3 Å². The molecule has 0 fully saturated rings. The fourth-order valence-electron chi connectivity index (χ4n) is 1.56. The number of aromatic nitrogens is 2. The zero-order valence-corrected chi connectivity index (χ0v) is 13.4. The first kappa shape index (κ1) is 14.3. The lowest BCUT2D eigenvalue weighted by molar-refractivity contribution is 0.773. The summed E-state index contributed by atoms with van der Waals surface area (Å²) in [5, 5.41) is 3.78. The summed E-state index contributed by atoms with van der Waals surface area (Å²) in [6.45, 7) is 6.00. The van der Waals surface area contributed by atoms with Crippen LogP contribution in [-0.4, -0.2) is 9.97 Å². The lowest BCUT2D eigenvalue weighted by Gasteiger charge is -2.13. The molecule has 0 bridgehead atoms. The summed E-state index contributed by atoms with van der Waals surface area (Å²) in [5.41, 5.74) is 1.82. The van der Waals surface area contributed by atoms with Crippen molar-refractivity contribution in [2.24, 2.45) is 0 Å². The Morgan fingerprint density at radius 3 is 2.37 bits per heavy atom. The summed E-state index contributed by atoms with van der Waals surface area (Å²) in [5.74, 6) is 1.74. The van der Waals surface area contributed by atoms with E-state index in [4.69, 9.17) is 11.6 Å². The lowest BCUT2D eigenvalue weighted by Crippen LogP contribution is -2.05. The van der Waals surface area contributed by atoms with E-state index in [-0.39, 0.29) is 5.92 Å². The van der Waals surface area contributed by atoms with Crippen LogP contribution >= 0.6 is 27.5 Å². The molecule has 19 heavy (non-hydrogen) atoms. The van der Waals surface area contributed by atoms with Crippen LogP contribution in [0.25, 0.3) is 0 Å². The van der Waals surface area contributed by atoms with E-state index in [1.165, 1.54) is 0 Å². The zero-order chi connectivity index (χ0) is 14.0. The maximum Gasteiger partial charge on any atom is 0.138 e. The quantitative estimate of drug-likeness (QED) is 0.793. The highest BCUT2D eigenvalue weighted by Crippen LogP contribution is 2.26. The molecule has 0 aliphatic heterocycles. The molecule has 0 radical (unpaired) electrons. The minimum Gasteiger partial charge on any atom is -0.340 e. The topological polar surface area (TPSA) is 37.8 Å². The molecule has 0 saturated heterocycles. The van der Waals surface area contributed by atoms with Gasteiger partial charge in [0.2, 0.25) is 0 Å². The van der Waals surface area contributed by atoms with E-state index < -0.39 is 0 Å². The highest BCUT2D eigenvalue weighted by Gasteiger charge is 2.11. The standard InChI is InChI=1S/C14H15BrClN3/c1-8(2)13-18-12(16)9(3)14(19-13)17-11-6-4-10(15)5-7-11/h4-8H,1-3H3,(H,17,18,19). The Kier molecular flexibility index (Phi) is 4.42. The second-order valence-electron chi connectivity index (χ2n) is 4.63. The Hall–Kier alpha value is -1.13. The SMILES string of the molecule is Cc1c(Cl)nc(C(C)C)nc1Nc1ccc(Br)cc1. The normalized spacial score (nSPS) is 10.8. The molecule has 0 saturated carbocycles. The van der Waals surface area contributed by atoms with Crippen LogP contribution < -0.4 is 5.32 Å². The second-order valence-corrected chi connectivity index (χ2v) is 5.91. The van der Waals surface area contributed by atoms with Crippen molar-refractivity contribution in [3.8, 4) is 0 Å². The second kappa shape index (κ2) is 5.88. The van der Waals surface area contributed by atoms with Crippen molar-refractivity contribution < 1.29 is 0 Å². The third kappa shape index (κ3) is 3.45. The maximum atomic E-state index is 6.16. The van der Waals surface area contributed by atoms with E-state index in [9.17, 15) is 0 Å². The molecule has 100 valence electrons. The fraction of sp³-hybridized carbons (Fsp3) is 0.286. The first-order chi connectivity index (χ1) is 8.97. The van der Waals surface area contributed by atoms with E-state index >= 15 is 0 Å². The van der Waals surface area contributed by atoms with Crippen molar-refractivity contribution in [2.75, 3.05) is 5.32 Å². The Morgan fingerprint density at radius 2 is 1.79 bits per heavy atom. The van der Waals surface area contributed by atoms with Gasteiger partial charge >= 0.3 is 0 Å². The summed E-state index contributed by atoms with van der Waals surface area (Å²) in [6, 6.07) is 7.91. The van der Waals surface area contributed by atoms with Gasteiger partial charge in [0.25, 0.3) is 0 Å². The van der Waals surface area contributed by atoms with E-state index in [2.05, 4.69) is 31.2 Å². The van der Waals surface area contributed by atoms with Gasteiger partial charge in [-0.1, -0.05) is 41.4 Å².